The third kappa shape index (κ3) is 3.76. The minimum atomic E-state index is -0.422. The molecule has 2 amide bonds. The predicted molar refractivity (Wildman–Crippen MR) is 110 cm³/mol. The van der Waals surface area contributed by atoms with E-state index < -0.39 is 11.8 Å². The number of benzene rings is 2. The number of carbonyl (C=O) groups is 2. The molecule has 2 aromatic rings. The molecule has 0 saturated heterocycles. The highest BCUT2D eigenvalue weighted by Gasteiger charge is 2.40. The highest BCUT2D eigenvalue weighted by Crippen LogP contribution is 2.40. The van der Waals surface area contributed by atoms with Gasteiger partial charge in [0, 0.05) is 24.0 Å². The summed E-state index contributed by atoms with van der Waals surface area (Å²) < 4.78 is 10.5. The van der Waals surface area contributed by atoms with Crippen molar-refractivity contribution in [3.63, 3.8) is 0 Å². The van der Waals surface area contributed by atoms with E-state index in [1.165, 1.54) is 26.0 Å². The van der Waals surface area contributed by atoms with E-state index >= 15 is 0 Å². The first-order valence-corrected chi connectivity index (χ1v) is 9.65. The molecule has 3 rings (SSSR count). The molecule has 1 aliphatic rings. The molecule has 146 valence electrons. The Morgan fingerprint density at radius 3 is 2.11 bits per heavy atom. The molecule has 0 spiro atoms. The molecule has 7 heteroatoms. The highest BCUT2D eigenvalue weighted by molar-refractivity contribution is 8.04. The Labute approximate surface area is 167 Å². The topological polar surface area (TPSA) is 76.1 Å². The quantitative estimate of drug-likeness (QED) is 0.722. The lowest BCUT2D eigenvalue weighted by Crippen LogP contribution is -2.31. The average Bonchev–Trinajstić information content (AvgIpc) is 2.96. The van der Waals surface area contributed by atoms with Gasteiger partial charge in [0.25, 0.3) is 11.8 Å². The van der Waals surface area contributed by atoms with Gasteiger partial charge in [-0.2, -0.15) is 0 Å². The first kappa shape index (κ1) is 20.0. The Hall–Kier alpha value is -2.77. The number of ether oxygens (including phenoxy) is 2. The van der Waals surface area contributed by atoms with Crippen LogP contribution in [0, 0.1) is 6.92 Å². The number of imide groups is 1. The van der Waals surface area contributed by atoms with Crippen LogP contribution in [0.5, 0.6) is 11.5 Å². The average molecular weight is 399 g/mol. The molecule has 0 unspecified atom stereocenters. The molecule has 0 bridgehead atoms. The first-order chi connectivity index (χ1) is 13.5. The molecule has 0 fully saturated rings. The van der Waals surface area contributed by atoms with Crippen LogP contribution in [0.3, 0.4) is 0 Å². The van der Waals surface area contributed by atoms with Crippen molar-refractivity contribution in [2.75, 3.05) is 31.5 Å². The van der Waals surface area contributed by atoms with Gasteiger partial charge in [-0.1, -0.05) is 29.8 Å². The third-order valence-corrected chi connectivity index (χ3v) is 5.37. The molecular weight excluding hydrogens is 378 g/mol. The lowest BCUT2D eigenvalue weighted by Gasteiger charge is -2.17. The van der Waals surface area contributed by atoms with E-state index in [0.29, 0.717) is 39.0 Å². The maximum Gasteiger partial charge on any atom is 0.272 e. The van der Waals surface area contributed by atoms with Crippen molar-refractivity contribution in [3.8, 4) is 11.5 Å². The zero-order chi connectivity index (χ0) is 20.3. The van der Waals surface area contributed by atoms with Crippen LogP contribution in [0.2, 0.25) is 0 Å². The number of aliphatic hydroxyl groups is 1. The van der Waals surface area contributed by atoms with E-state index in [1.807, 2.05) is 31.2 Å². The molecule has 28 heavy (non-hydrogen) atoms. The monoisotopic (exact) mass is 399 g/mol. The zero-order valence-corrected chi connectivity index (χ0v) is 16.7. The predicted octanol–water partition coefficient (Wildman–Crippen LogP) is 3.02. The molecule has 2 aromatic carbocycles. The molecule has 0 saturated carbocycles. The summed E-state index contributed by atoms with van der Waals surface area (Å²) >= 11 is 1.18. The van der Waals surface area contributed by atoms with Crippen LogP contribution in [-0.4, -0.2) is 43.5 Å². The maximum atomic E-state index is 13.3. The van der Waals surface area contributed by atoms with Crippen molar-refractivity contribution in [3.05, 3.63) is 58.5 Å². The van der Waals surface area contributed by atoms with Gasteiger partial charge in [-0.25, -0.2) is 4.90 Å². The van der Waals surface area contributed by atoms with Gasteiger partial charge in [-0.3, -0.25) is 9.59 Å². The fraction of sp³-hybridized carbons (Fsp3) is 0.238. The van der Waals surface area contributed by atoms with Crippen molar-refractivity contribution in [2.45, 2.75) is 6.92 Å². The summed E-state index contributed by atoms with van der Waals surface area (Å²) in [6.07, 6.45) is 0. The summed E-state index contributed by atoms with van der Waals surface area (Å²) in [5, 5.41) is 9.21. The number of hydrogen-bond donors (Lipinski definition) is 1. The van der Waals surface area contributed by atoms with Crippen LogP contribution < -0.4 is 14.4 Å². The number of thioether (sulfide) groups is 1. The third-order valence-electron chi connectivity index (χ3n) is 4.31. The van der Waals surface area contributed by atoms with E-state index in [4.69, 9.17) is 9.47 Å². The second kappa shape index (κ2) is 8.50. The van der Waals surface area contributed by atoms with Crippen LogP contribution in [0.4, 0.5) is 5.69 Å². The Bertz CT molecular complexity index is 914. The summed E-state index contributed by atoms with van der Waals surface area (Å²) in [4.78, 5) is 27.8. The summed E-state index contributed by atoms with van der Waals surface area (Å²) in [5.74, 6) is 0.435. The van der Waals surface area contributed by atoms with Crippen LogP contribution in [-0.2, 0) is 9.59 Å². The highest BCUT2D eigenvalue weighted by atomic mass is 32.2. The lowest BCUT2D eigenvalue weighted by molar-refractivity contribution is -0.119. The molecule has 0 atom stereocenters. The number of carbonyl (C=O) groups excluding carboxylic acids is 2. The van der Waals surface area contributed by atoms with E-state index in [1.54, 1.807) is 18.2 Å². The first-order valence-electron chi connectivity index (χ1n) is 8.67. The molecule has 0 aliphatic carbocycles. The fourth-order valence-corrected chi connectivity index (χ4v) is 3.78. The van der Waals surface area contributed by atoms with Crippen LogP contribution in [0.15, 0.2) is 47.4 Å². The Morgan fingerprint density at radius 2 is 1.57 bits per heavy atom. The second-order valence-corrected chi connectivity index (χ2v) is 7.26. The molecular formula is C21H21NO5S. The summed E-state index contributed by atoms with van der Waals surface area (Å²) in [6.45, 7) is 1.86. The van der Waals surface area contributed by atoms with Crippen molar-refractivity contribution in [1.29, 1.82) is 0 Å². The summed E-state index contributed by atoms with van der Waals surface area (Å²) in [5.41, 5.74) is 2.43. The van der Waals surface area contributed by atoms with E-state index in [-0.39, 0.29) is 6.61 Å². The largest absolute Gasteiger partial charge is 0.497 e. The number of rotatable bonds is 7. The summed E-state index contributed by atoms with van der Waals surface area (Å²) in [7, 11) is 3.01. The van der Waals surface area contributed by atoms with Gasteiger partial charge in [0.15, 0.2) is 0 Å². The van der Waals surface area contributed by atoms with Gasteiger partial charge in [-0.15, -0.1) is 11.8 Å². The van der Waals surface area contributed by atoms with Gasteiger partial charge in [0.2, 0.25) is 0 Å². The molecule has 1 heterocycles. The Morgan fingerprint density at radius 1 is 0.964 bits per heavy atom. The van der Waals surface area contributed by atoms with E-state index in [0.717, 1.165) is 10.5 Å². The van der Waals surface area contributed by atoms with E-state index in [2.05, 4.69) is 0 Å². The number of methoxy groups -OCH3 is 2. The Balaban J connectivity index is 2.09. The molecule has 1 N–H and O–H groups in total. The lowest BCUT2D eigenvalue weighted by atomic mass is 10.0. The molecule has 6 nitrogen and oxygen atoms in total. The smallest absolute Gasteiger partial charge is 0.272 e. The number of aryl methyl sites for hydroxylation is 1. The second-order valence-electron chi connectivity index (χ2n) is 6.16. The van der Waals surface area contributed by atoms with Crippen molar-refractivity contribution in [2.24, 2.45) is 0 Å². The van der Waals surface area contributed by atoms with Gasteiger partial charge in [0.1, 0.15) is 11.5 Å². The minimum Gasteiger partial charge on any atom is -0.497 e. The van der Waals surface area contributed by atoms with Gasteiger partial charge >= 0.3 is 0 Å². The van der Waals surface area contributed by atoms with Gasteiger partial charge in [0.05, 0.1) is 37.0 Å². The molecule has 0 aromatic heterocycles. The zero-order valence-electron chi connectivity index (χ0n) is 15.9. The normalized spacial score (nSPS) is 14.1. The van der Waals surface area contributed by atoms with Gasteiger partial charge in [-0.05, 0) is 12.5 Å². The summed E-state index contributed by atoms with van der Waals surface area (Å²) in [6, 6.07) is 12.3. The maximum absolute atomic E-state index is 13.3. The van der Waals surface area contributed by atoms with Crippen molar-refractivity contribution < 1.29 is 24.2 Å². The van der Waals surface area contributed by atoms with Crippen molar-refractivity contribution in [1.82, 2.24) is 0 Å². The molecule has 0 radical (unpaired) electrons. The number of nitrogens with zero attached hydrogens (tertiary/aromatic N) is 1. The number of amides is 2. The minimum absolute atomic E-state index is 0.0935. The van der Waals surface area contributed by atoms with Crippen LogP contribution in [0.25, 0.3) is 5.57 Å². The standard InChI is InChI=1S/C21H21NO5S/c1-13-4-6-14(7-5-13)18-19(28-9-8-23)21(25)22(20(18)24)15-10-16(26-2)12-17(11-15)27-3/h4-7,10-12,23H,8-9H2,1-3H3. The van der Waals surface area contributed by atoms with E-state index in [9.17, 15) is 14.7 Å². The fourth-order valence-electron chi connectivity index (χ4n) is 2.92. The number of aliphatic hydroxyl groups excluding tert-OH is 1. The number of anilines is 1. The molecule has 1 aliphatic heterocycles. The van der Waals surface area contributed by atoms with Gasteiger partial charge < -0.3 is 14.6 Å². The number of hydrogen-bond acceptors (Lipinski definition) is 6. The van der Waals surface area contributed by atoms with Crippen LogP contribution >= 0.6 is 11.8 Å². The Kier molecular flexibility index (Phi) is 6.06. The SMILES string of the molecule is COc1cc(OC)cc(N2C(=O)C(SCCO)=C(c3ccc(C)cc3)C2=O)c1. The van der Waals surface area contributed by atoms with Crippen LogP contribution in [0.1, 0.15) is 11.1 Å². The van der Waals surface area contributed by atoms with Crippen molar-refractivity contribution >= 4 is 34.8 Å².